The summed E-state index contributed by atoms with van der Waals surface area (Å²) in [5.74, 6) is 4.10. The number of amides is 1. The Morgan fingerprint density at radius 2 is 2.29 bits per heavy atom. The van der Waals surface area contributed by atoms with Crippen LogP contribution in [0.15, 0.2) is 0 Å². The molecule has 0 radical (unpaired) electrons. The minimum Gasteiger partial charge on any atom is -0.324 e. The molecule has 1 N–H and O–H groups in total. The van der Waals surface area contributed by atoms with Crippen LogP contribution in [0.2, 0.25) is 0 Å². The van der Waals surface area contributed by atoms with E-state index in [1.54, 1.807) is 0 Å². The highest BCUT2D eigenvalue weighted by molar-refractivity contribution is 8.06. The molecule has 2 saturated heterocycles. The Kier molecular flexibility index (Phi) is 3.34. The van der Waals surface area contributed by atoms with Crippen LogP contribution in [0.1, 0.15) is 26.2 Å². The summed E-state index contributed by atoms with van der Waals surface area (Å²) in [5, 5.41) is 4.18. The topological polar surface area (TPSA) is 32.3 Å². The van der Waals surface area contributed by atoms with E-state index in [0.717, 1.165) is 25.8 Å². The number of carbonyl (C=O) groups excluding carboxylic acids is 1. The predicted octanol–water partition coefficient (Wildman–Crippen LogP) is 1.54. The summed E-state index contributed by atoms with van der Waals surface area (Å²) in [6.07, 6.45) is 3.41. The van der Waals surface area contributed by atoms with Crippen molar-refractivity contribution in [3.05, 3.63) is 0 Å². The fraction of sp³-hybridized carbons (Fsp3) is 0.917. The first kappa shape index (κ1) is 12.2. The van der Waals surface area contributed by atoms with Crippen LogP contribution in [0.4, 0.5) is 0 Å². The van der Waals surface area contributed by atoms with Crippen LogP contribution < -0.4 is 5.32 Å². The first-order chi connectivity index (χ1) is 8.25. The van der Waals surface area contributed by atoms with Crippen LogP contribution in [0.5, 0.6) is 0 Å². The van der Waals surface area contributed by atoms with Crippen LogP contribution in [0.3, 0.4) is 0 Å². The molecule has 5 heteroatoms. The molecule has 1 aliphatic carbocycles. The van der Waals surface area contributed by atoms with Crippen molar-refractivity contribution in [2.75, 3.05) is 23.8 Å². The van der Waals surface area contributed by atoms with Gasteiger partial charge in [-0.2, -0.15) is 23.5 Å². The maximum Gasteiger partial charge on any atom is 0.244 e. The first-order valence-corrected chi connectivity index (χ1v) is 8.73. The predicted molar refractivity (Wildman–Crippen MR) is 74.5 cm³/mol. The molecule has 2 heterocycles. The second-order valence-electron chi connectivity index (χ2n) is 5.18. The van der Waals surface area contributed by atoms with Gasteiger partial charge in [-0.25, -0.2) is 0 Å². The third kappa shape index (κ3) is 2.22. The molecule has 1 amide bonds. The second-order valence-corrected chi connectivity index (χ2v) is 7.73. The van der Waals surface area contributed by atoms with Gasteiger partial charge in [0, 0.05) is 29.1 Å². The molecule has 0 aromatic rings. The van der Waals surface area contributed by atoms with Gasteiger partial charge in [0.05, 0.1) is 11.7 Å². The van der Waals surface area contributed by atoms with Crippen molar-refractivity contribution in [3.8, 4) is 0 Å². The Labute approximate surface area is 111 Å². The number of nitrogens with zero attached hydrogens (tertiary/aromatic N) is 1. The van der Waals surface area contributed by atoms with E-state index in [1.807, 2.05) is 23.5 Å². The van der Waals surface area contributed by atoms with Crippen LogP contribution >= 0.6 is 23.5 Å². The smallest absolute Gasteiger partial charge is 0.244 e. The van der Waals surface area contributed by atoms with Gasteiger partial charge in [0.1, 0.15) is 0 Å². The van der Waals surface area contributed by atoms with Crippen LogP contribution in [0.25, 0.3) is 0 Å². The van der Waals surface area contributed by atoms with E-state index in [4.69, 9.17) is 0 Å². The van der Waals surface area contributed by atoms with E-state index in [9.17, 15) is 4.79 Å². The van der Waals surface area contributed by atoms with Gasteiger partial charge in [-0.1, -0.05) is 6.92 Å². The lowest BCUT2D eigenvalue weighted by Crippen LogP contribution is -2.42. The molecule has 3 aliphatic rings. The monoisotopic (exact) mass is 272 g/mol. The highest BCUT2D eigenvalue weighted by Gasteiger charge is 2.58. The first-order valence-electron chi connectivity index (χ1n) is 6.53. The Hall–Kier alpha value is 0.130. The van der Waals surface area contributed by atoms with Gasteiger partial charge in [-0.3, -0.25) is 10.1 Å². The summed E-state index contributed by atoms with van der Waals surface area (Å²) >= 11 is 4.08. The van der Waals surface area contributed by atoms with E-state index < -0.39 is 0 Å². The summed E-state index contributed by atoms with van der Waals surface area (Å²) in [4.78, 5) is 14.5. The second kappa shape index (κ2) is 4.67. The number of thioether (sulfide) groups is 2. The quantitative estimate of drug-likeness (QED) is 0.844. The molecule has 0 bridgehead atoms. The molecule has 3 rings (SSSR count). The highest BCUT2D eigenvalue weighted by Crippen LogP contribution is 2.43. The van der Waals surface area contributed by atoms with Crippen molar-refractivity contribution in [2.45, 2.75) is 43.1 Å². The normalized spacial score (nSPS) is 35.6. The molecule has 3 fully saturated rings. The molecule has 1 saturated carbocycles. The van der Waals surface area contributed by atoms with E-state index in [-0.39, 0.29) is 11.7 Å². The SMILES string of the molecule is CCC1NC2(CC2)C(=O)N1CC1CSCCS1. The Morgan fingerprint density at radius 1 is 1.47 bits per heavy atom. The molecule has 96 valence electrons. The van der Waals surface area contributed by atoms with Crippen molar-refractivity contribution < 1.29 is 4.79 Å². The molecule has 2 atom stereocenters. The summed E-state index contributed by atoms with van der Waals surface area (Å²) in [6, 6.07) is 0. The Balaban J connectivity index is 1.65. The fourth-order valence-corrected chi connectivity index (χ4v) is 5.42. The van der Waals surface area contributed by atoms with Gasteiger partial charge in [0.25, 0.3) is 0 Å². The zero-order valence-electron chi connectivity index (χ0n) is 10.3. The van der Waals surface area contributed by atoms with Crippen molar-refractivity contribution in [3.63, 3.8) is 0 Å². The average Bonchev–Trinajstić information content (AvgIpc) is 3.10. The standard InChI is InChI=1S/C12H20N2OS2/c1-2-10-13-12(3-4-12)11(15)14(10)7-9-8-16-5-6-17-9/h9-10,13H,2-8H2,1H3. The fourth-order valence-electron chi connectivity index (χ4n) is 2.75. The van der Waals surface area contributed by atoms with Gasteiger partial charge >= 0.3 is 0 Å². The largest absolute Gasteiger partial charge is 0.324 e. The summed E-state index contributed by atoms with van der Waals surface area (Å²) < 4.78 is 0. The lowest BCUT2D eigenvalue weighted by Gasteiger charge is -2.29. The van der Waals surface area contributed by atoms with Crippen molar-refractivity contribution in [2.24, 2.45) is 0 Å². The zero-order chi connectivity index (χ0) is 11.9. The van der Waals surface area contributed by atoms with Gasteiger partial charge in [0.2, 0.25) is 5.91 Å². The maximum atomic E-state index is 12.4. The van der Waals surface area contributed by atoms with E-state index >= 15 is 0 Å². The number of hydrogen-bond acceptors (Lipinski definition) is 4. The lowest BCUT2D eigenvalue weighted by molar-refractivity contribution is -0.130. The molecule has 17 heavy (non-hydrogen) atoms. The molecule has 2 aliphatic heterocycles. The highest BCUT2D eigenvalue weighted by atomic mass is 32.2. The molecule has 0 aromatic heterocycles. The van der Waals surface area contributed by atoms with Crippen LogP contribution in [-0.4, -0.2) is 51.6 Å². The van der Waals surface area contributed by atoms with Gasteiger partial charge in [0.15, 0.2) is 0 Å². The number of nitrogens with one attached hydrogen (secondary N) is 1. The average molecular weight is 272 g/mol. The van der Waals surface area contributed by atoms with Crippen molar-refractivity contribution in [1.82, 2.24) is 10.2 Å². The van der Waals surface area contributed by atoms with E-state index in [0.29, 0.717) is 11.2 Å². The van der Waals surface area contributed by atoms with Crippen LogP contribution in [-0.2, 0) is 4.79 Å². The Bertz CT molecular complexity index is 314. The number of rotatable bonds is 3. The van der Waals surface area contributed by atoms with E-state index in [1.165, 1.54) is 17.3 Å². The Morgan fingerprint density at radius 3 is 2.88 bits per heavy atom. The minimum absolute atomic E-state index is 0.132. The van der Waals surface area contributed by atoms with Crippen molar-refractivity contribution in [1.29, 1.82) is 0 Å². The summed E-state index contributed by atoms with van der Waals surface area (Å²) in [7, 11) is 0. The van der Waals surface area contributed by atoms with E-state index in [2.05, 4.69) is 17.1 Å². The van der Waals surface area contributed by atoms with Gasteiger partial charge < -0.3 is 4.90 Å². The maximum absolute atomic E-state index is 12.4. The molecule has 1 spiro atoms. The number of hydrogen-bond donors (Lipinski definition) is 1. The summed E-state index contributed by atoms with van der Waals surface area (Å²) in [6.45, 7) is 3.12. The third-order valence-corrected chi connectivity index (χ3v) is 6.74. The van der Waals surface area contributed by atoms with Crippen LogP contribution in [0, 0.1) is 0 Å². The van der Waals surface area contributed by atoms with Gasteiger partial charge in [-0.05, 0) is 19.3 Å². The third-order valence-electron chi connectivity index (χ3n) is 3.91. The lowest BCUT2D eigenvalue weighted by atomic mass is 10.2. The molecule has 3 nitrogen and oxygen atoms in total. The zero-order valence-corrected chi connectivity index (χ0v) is 11.9. The summed E-state index contributed by atoms with van der Waals surface area (Å²) in [5.41, 5.74) is -0.132. The molecular formula is C12H20N2OS2. The molecule has 0 aromatic carbocycles. The number of carbonyl (C=O) groups is 1. The van der Waals surface area contributed by atoms with Crippen molar-refractivity contribution >= 4 is 29.4 Å². The minimum atomic E-state index is -0.132. The molecular weight excluding hydrogens is 252 g/mol. The van der Waals surface area contributed by atoms with Gasteiger partial charge in [-0.15, -0.1) is 0 Å². The molecule has 2 unspecified atom stereocenters.